The van der Waals surface area contributed by atoms with E-state index < -0.39 is 18.3 Å². The lowest BCUT2D eigenvalue weighted by atomic mass is 9.80. The molecule has 0 aliphatic rings. The van der Waals surface area contributed by atoms with Crippen molar-refractivity contribution in [2.75, 3.05) is 0 Å². The number of Topliss-reactive ketones (excluding diaryl/α,β-unsaturated/α-hetero) is 1. The fourth-order valence-electron chi connectivity index (χ4n) is 1.28. The first-order chi connectivity index (χ1) is 8.06. The third kappa shape index (κ3) is 3.20. The third-order valence-corrected chi connectivity index (χ3v) is 4.13. The molecule has 4 nitrogen and oxygen atoms in total. The molecule has 0 saturated carbocycles. The first kappa shape index (κ1) is 15.4. The molecule has 1 aromatic rings. The predicted octanol–water partition coefficient (Wildman–Crippen LogP) is 1.20. The molecule has 1 aromatic heterocycles. The van der Waals surface area contributed by atoms with Gasteiger partial charge in [-0.3, -0.25) is 4.79 Å². The van der Waals surface area contributed by atoms with Gasteiger partial charge in [-0.2, -0.15) is 11.3 Å². The molecule has 2 N–H and O–H groups in total. The molecule has 1 heterocycles. The van der Waals surface area contributed by atoms with E-state index in [1.807, 2.05) is 0 Å². The number of hydrogen-bond donors (Lipinski definition) is 2. The summed E-state index contributed by atoms with van der Waals surface area (Å²) in [5.41, 5.74) is -1.59. The normalized spacial score (nSPS) is 12.6. The Bertz CT molecular complexity index is 434. The summed E-state index contributed by atoms with van der Waals surface area (Å²) in [7, 11) is -1.22. The summed E-state index contributed by atoms with van der Waals surface area (Å²) in [5.74, 6) is -0.116. The van der Waals surface area contributed by atoms with Gasteiger partial charge >= 0.3 is 7.12 Å². The number of thiophene rings is 1. The van der Waals surface area contributed by atoms with Crippen molar-refractivity contribution >= 4 is 29.0 Å². The second-order valence-electron chi connectivity index (χ2n) is 5.29. The summed E-state index contributed by atoms with van der Waals surface area (Å²) in [4.78, 5) is 11.4. The zero-order valence-electron chi connectivity index (χ0n) is 11.4. The van der Waals surface area contributed by atoms with Crippen molar-refractivity contribution in [3.05, 3.63) is 17.0 Å². The van der Waals surface area contributed by atoms with Gasteiger partial charge in [0, 0.05) is 10.3 Å². The van der Waals surface area contributed by atoms with Gasteiger partial charge in [-0.1, -0.05) is 0 Å². The number of carbonyl (C=O) groups excluding carboxylic acids is 1. The van der Waals surface area contributed by atoms with E-state index in [0.717, 1.165) is 0 Å². The molecule has 0 bridgehead atoms. The summed E-state index contributed by atoms with van der Waals surface area (Å²) < 4.78 is 5.97. The van der Waals surface area contributed by atoms with E-state index in [4.69, 9.17) is 4.65 Å². The molecule has 0 atom stereocenters. The molecular weight excluding hydrogens is 251 g/mol. The van der Waals surface area contributed by atoms with Crippen molar-refractivity contribution in [3.63, 3.8) is 0 Å². The van der Waals surface area contributed by atoms with Crippen LogP contribution in [0.1, 0.15) is 45.0 Å². The highest BCUT2D eigenvalue weighted by atomic mass is 32.1. The van der Waals surface area contributed by atoms with Crippen molar-refractivity contribution in [2.45, 2.75) is 45.8 Å². The second kappa shape index (κ2) is 5.13. The van der Waals surface area contributed by atoms with Crippen LogP contribution < -0.4 is 4.78 Å². The van der Waals surface area contributed by atoms with Crippen LogP contribution in [0.15, 0.2) is 11.4 Å². The average molecular weight is 270 g/mol. The minimum Gasteiger partial charge on any atom is -0.423 e. The van der Waals surface area contributed by atoms with Crippen molar-refractivity contribution < 1.29 is 19.6 Å². The highest BCUT2D eigenvalue weighted by molar-refractivity contribution is 7.21. The minimum atomic E-state index is -1.22. The van der Waals surface area contributed by atoms with Gasteiger partial charge in [-0.05, 0) is 46.1 Å². The Morgan fingerprint density at radius 3 is 2.39 bits per heavy atom. The van der Waals surface area contributed by atoms with Crippen LogP contribution in [0.4, 0.5) is 0 Å². The Balaban J connectivity index is 2.93. The number of hydrogen-bond acceptors (Lipinski definition) is 5. The fraction of sp³-hybridized carbons (Fsp3) is 0.583. The van der Waals surface area contributed by atoms with Crippen molar-refractivity contribution in [1.82, 2.24) is 0 Å². The smallest absolute Gasteiger partial charge is 0.423 e. The van der Waals surface area contributed by atoms with Gasteiger partial charge in [0.2, 0.25) is 0 Å². The molecule has 6 heteroatoms. The van der Waals surface area contributed by atoms with Gasteiger partial charge in [0.1, 0.15) is 0 Å². The van der Waals surface area contributed by atoms with Crippen LogP contribution in [0, 0.1) is 0 Å². The minimum absolute atomic E-state index is 0.116. The monoisotopic (exact) mass is 270 g/mol. The SMILES string of the molecule is CC(=O)c1ccsc1B(O)OC(C)(C)C(C)(C)O. The van der Waals surface area contributed by atoms with Gasteiger partial charge in [-0.15, -0.1) is 0 Å². The summed E-state index contributed by atoms with van der Waals surface area (Å²) >= 11 is 1.26. The quantitative estimate of drug-likeness (QED) is 0.623. The van der Waals surface area contributed by atoms with Crippen LogP contribution in [0.5, 0.6) is 0 Å². The first-order valence-electron chi connectivity index (χ1n) is 5.73. The van der Waals surface area contributed by atoms with Crippen LogP contribution in [-0.2, 0) is 4.65 Å². The fourth-order valence-corrected chi connectivity index (χ4v) is 2.13. The molecule has 0 radical (unpaired) electrons. The van der Waals surface area contributed by atoms with E-state index in [9.17, 15) is 14.9 Å². The Morgan fingerprint density at radius 2 is 1.94 bits per heavy atom. The summed E-state index contributed by atoms with van der Waals surface area (Å²) in [6.45, 7) is 8.05. The van der Waals surface area contributed by atoms with Gasteiger partial charge in [0.05, 0.1) is 11.2 Å². The van der Waals surface area contributed by atoms with Crippen LogP contribution >= 0.6 is 11.3 Å². The lowest BCUT2D eigenvalue weighted by Crippen LogP contribution is -2.53. The number of ketones is 1. The third-order valence-electron chi connectivity index (χ3n) is 3.18. The van der Waals surface area contributed by atoms with Crippen molar-refractivity contribution in [1.29, 1.82) is 0 Å². The van der Waals surface area contributed by atoms with E-state index >= 15 is 0 Å². The Kier molecular flexibility index (Phi) is 4.38. The molecule has 0 amide bonds. The summed E-state index contributed by atoms with van der Waals surface area (Å²) in [6.07, 6.45) is 0. The van der Waals surface area contributed by atoms with E-state index in [2.05, 4.69) is 0 Å². The summed E-state index contributed by atoms with van der Waals surface area (Å²) in [6, 6.07) is 1.66. The molecule has 0 unspecified atom stereocenters. The van der Waals surface area contributed by atoms with E-state index in [0.29, 0.717) is 10.3 Å². The maximum absolute atomic E-state index is 11.4. The van der Waals surface area contributed by atoms with Crippen LogP contribution in [-0.4, -0.2) is 34.2 Å². The molecule has 100 valence electrons. The van der Waals surface area contributed by atoms with Gasteiger partial charge in [-0.25, -0.2) is 0 Å². The molecule has 0 fully saturated rings. The number of rotatable bonds is 5. The van der Waals surface area contributed by atoms with Crippen LogP contribution in [0.25, 0.3) is 0 Å². The predicted molar refractivity (Wildman–Crippen MR) is 73.4 cm³/mol. The first-order valence-corrected chi connectivity index (χ1v) is 6.61. The zero-order chi connectivity index (χ0) is 14.1. The Labute approximate surface area is 112 Å². The molecule has 1 rings (SSSR count). The lowest BCUT2D eigenvalue weighted by Gasteiger charge is -2.38. The Morgan fingerprint density at radius 1 is 1.39 bits per heavy atom. The standard InChI is InChI=1S/C12H19BO4S/c1-8(14)9-6-7-18-10(9)13(16)17-12(4,5)11(2,3)15/h6-7,15-16H,1-5H3. The van der Waals surface area contributed by atoms with Gasteiger partial charge in [0.15, 0.2) is 5.78 Å². The topological polar surface area (TPSA) is 66.8 Å². The maximum Gasteiger partial charge on any atom is 0.503 e. The molecule has 0 aromatic carbocycles. The highest BCUT2D eigenvalue weighted by Crippen LogP contribution is 2.25. The van der Waals surface area contributed by atoms with Crippen LogP contribution in [0.2, 0.25) is 0 Å². The number of aliphatic hydroxyl groups is 1. The van der Waals surface area contributed by atoms with Crippen LogP contribution in [0.3, 0.4) is 0 Å². The maximum atomic E-state index is 11.4. The zero-order valence-corrected chi connectivity index (χ0v) is 12.2. The molecule has 18 heavy (non-hydrogen) atoms. The highest BCUT2D eigenvalue weighted by Gasteiger charge is 2.40. The van der Waals surface area contributed by atoms with Gasteiger partial charge in [0.25, 0.3) is 0 Å². The largest absolute Gasteiger partial charge is 0.503 e. The molecule has 0 spiro atoms. The molecular formula is C12H19BO4S. The van der Waals surface area contributed by atoms with Crippen molar-refractivity contribution in [2.24, 2.45) is 0 Å². The average Bonchev–Trinajstić information content (AvgIpc) is 2.62. The molecule has 0 aliphatic heterocycles. The van der Waals surface area contributed by atoms with E-state index in [-0.39, 0.29) is 5.78 Å². The van der Waals surface area contributed by atoms with E-state index in [1.54, 1.807) is 39.1 Å². The Hall–Kier alpha value is -0.685. The molecule has 0 aliphatic carbocycles. The number of carbonyl (C=O) groups is 1. The second-order valence-corrected chi connectivity index (χ2v) is 6.24. The molecule has 0 saturated heterocycles. The summed E-state index contributed by atoms with van der Waals surface area (Å²) in [5, 5.41) is 21.8. The van der Waals surface area contributed by atoms with Crippen molar-refractivity contribution in [3.8, 4) is 0 Å². The van der Waals surface area contributed by atoms with Gasteiger partial charge < -0.3 is 14.8 Å². The lowest BCUT2D eigenvalue weighted by molar-refractivity contribution is -0.0981. The van der Waals surface area contributed by atoms with E-state index in [1.165, 1.54) is 18.3 Å².